The zero-order chi connectivity index (χ0) is 15.1. The molecule has 2 atom stereocenters. The Morgan fingerprint density at radius 3 is 2.43 bits per heavy atom. The maximum Gasteiger partial charge on any atom is 0.233 e. The van der Waals surface area contributed by atoms with Crippen LogP contribution in [-0.4, -0.2) is 21.7 Å². The van der Waals surface area contributed by atoms with Gasteiger partial charge in [-0.2, -0.15) is 0 Å². The summed E-state index contributed by atoms with van der Waals surface area (Å²) in [6.07, 6.45) is 2.69. The molecule has 2 unspecified atom stereocenters. The second kappa shape index (κ2) is 5.22. The van der Waals surface area contributed by atoms with Crippen LogP contribution in [0, 0.1) is 18.8 Å². The molecular formula is C16H18N2O2S. The molecular weight excluding hydrogens is 284 g/mol. The first-order valence-electron chi connectivity index (χ1n) is 7.23. The Morgan fingerprint density at radius 1 is 1.29 bits per heavy atom. The van der Waals surface area contributed by atoms with Crippen LogP contribution >= 0.6 is 12.2 Å². The quantitative estimate of drug-likeness (QED) is 0.684. The summed E-state index contributed by atoms with van der Waals surface area (Å²) in [5.74, 6) is -0.150. The summed E-state index contributed by atoms with van der Waals surface area (Å²) in [4.78, 5) is 26.5. The summed E-state index contributed by atoms with van der Waals surface area (Å²) < 4.78 is 0. The first-order valence-corrected chi connectivity index (χ1v) is 7.64. The average Bonchev–Trinajstić information content (AvgIpc) is 3.00. The van der Waals surface area contributed by atoms with Crippen molar-refractivity contribution in [1.29, 1.82) is 0 Å². The lowest BCUT2D eigenvalue weighted by molar-refractivity contribution is -0.141. The molecule has 1 saturated carbocycles. The standard InChI is InChI=1S/C16H18N2O2S/c1-9-7-10(14(17)21)5-6-11(9)8-18-15(19)12-3-2-4-13(12)16(18)20/h5-7,12-13H,2-4,8H2,1H3,(H2,17,21). The van der Waals surface area contributed by atoms with Crippen molar-refractivity contribution in [3.63, 3.8) is 0 Å². The SMILES string of the molecule is Cc1cc(C(N)=S)ccc1CN1C(=O)C2CCCC2C1=O. The van der Waals surface area contributed by atoms with Gasteiger partial charge in [0.1, 0.15) is 4.99 Å². The van der Waals surface area contributed by atoms with E-state index in [-0.39, 0.29) is 23.7 Å². The van der Waals surface area contributed by atoms with Crippen molar-refractivity contribution in [3.05, 3.63) is 34.9 Å². The van der Waals surface area contributed by atoms with E-state index >= 15 is 0 Å². The lowest BCUT2D eigenvalue weighted by Gasteiger charge is -2.17. The number of nitrogens with zero attached hydrogens (tertiary/aromatic N) is 1. The Hall–Kier alpha value is -1.75. The van der Waals surface area contributed by atoms with Crippen LogP contribution in [0.15, 0.2) is 18.2 Å². The summed E-state index contributed by atoms with van der Waals surface area (Å²) in [6.45, 7) is 2.30. The van der Waals surface area contributed by atoms with Crippen LogP contribution in [0.1, 0.15) is 36.0 Å². The number of thiocarbonyl (C=S) groups is 1. The minimum atomic E-state index is -0.0753. The molecule has 1 saturated heterocycles. The summed E-state index contributed by atoms with van der Waals surface area (Å²) in [5.41, 5.74) is 8.39. The van der Waals surface area contributed by atoms with Gasteiger partial charge < -0.3 is 5.73 Å². The Kier molecular flexibility index (Phi) is 3.53. The van der Waals surface area contributed by atoms with E-state index in [9.17, 15) is 9.59 Å². The van der Waals surface area contributed by atoms with Crippen LogP contribution in [0.25, 0.3) is 0 Å². The lowest BCUT2D eigenvalue weighted by atomic mass is 10.00. The molecule has 5 heteroatoms. The number of fused-ring (bicyclic) bond motifs is 1. The topological polar surface area (TPSA) is 63.4 Å². The van der Waals surface area contributed by atoms with Crippen LogP contribution < -0.4 is 5.73 Å². The van der Waals surface area contributed by atoms with Crippen molar-refractivity contribution in [2.45, 2.75) is 32.7 Å². The molecule has 2 N–H and O–H groups in total. The fourth-order valence-electron chi connectivity index (χ4n) is 3.41. The van der Waals surface area contributed by atoms with Crippen LogP contribution in [-0.2, 0) is 16.1 Å². The normalized spacial score (nSPS) is 24.5. The van der Waals surface area contributed by atoms with E-state index in [4.69, 9.17) is 18.0 Å². The van der Waals surface area contributed by atoms with E-state index in [2.05, 4.69) is 0 Å². The zero-order valence-corrected chi connectivity index (χ0v) is 12.8. The molecule has 0 bridgehead atoms. The minimum Gasteiger partial charge on any atom is -0.389 e. The molecule has 2 aliphatic rings. The molecule has 1 aliphatic carbocycles. The molecule has 4 nitrogen and oxygen atoms in total. The number of likely N-dealkylation sites (tertiary alicyclic amines) is 1. The Bertz CT molecular complexity index is 619. The third kappa shape index (κ3) is 2.35. The number of rotatable bonds is 3. The van der Waals surface area contributed by atoms with Gasteiger partial charge in [-0.25, -0.2) is 0 Å². The van der Waals surface area contributed by atoms with Crippen LogP contribution in [0.2, 0.25) is 0 Å². The molecule has 1 aromatic rings. The Labute approximate surface area is 129 Å². The maximum atomic E-state index is 12.4. The van der Waals surface area contributed by atoms with Gasteiger partial charge in [0.15, 0.2) is 0 Å². The first-order chi connectivity index (χ1) is 9.99. The number of amides is 2. The molecule has 1 aromatic carbocycles. The van der Waals surface area contributed by atoms with Crippen molar-refractivity contribution in [2.75, 3.05) is 0 Å². The number of imide groups is 1. The molecule has 1 aliphatic heterocycles. The molecule has 2 fully saturated rings. The van der Waals surface area contributed by atoms with Gasteiger partial charge in [-0.15, -0.1) is 0 Å². The van der Waals surface area contributed by atoms with Crippen molar-refractivity contribution in [2.24, 2.45) is 17.6 Å². The van der Waals surface area contributed by atoms with Crippen LogP contribution in [0.5, 0.6) is 0 Å². The summed E-state index contributed by atoms with van der Waals surface area (Å²) in [6, 6.07) is 5.65. The Balaban J connectivity index is 1.82. The van der Waals surface area contributed by atoms with Gasteiger partial charge in [0, 0.05) is 5.56 Å². The van der Waals surface area contributed by atoms with Crippen LogP contribution in [0.3, 0.4) is 0 Å². The number of nitrogens with two attached hydrogens (primary N) is 1. The molecule has 1 heterocycles. The molecule has 21 heavy (non-hydrogen) atoms. The van der Waals surface area contributed by atoms with E-state index in [1.54, 1.807) is 0 Å². The number of hydrogen-bond donors (Lipinski definition) is 1. The van der Waals surface area contributed by atoms with Gasteiger partial charge >= 0.3 is 0 Å². The van der Waals surface area contributed by atoms with Crippen molar-refractivity contribution >= 4 is 29.0 Å². The highest BCUT2D eigenvalue weighted by Gasteiger charge is 2.49. The van der Waals surface area contributed by atoms with Gasteiger partial charge in [0.2, 0.25) is 11.8 Å². The highest BCUT2D eigenvalue weighted by atomic mass is 32.1. The fourth-order valence-corrected chi connectivity index (χ4v) is 3.54. The van der Waals surface area contributed by atoms with Gasteiger partial charge in [0.25, 0.3) is 0 Å². The largest absolute Gasteiger partial charge is 0.389 e. The summed E-state index contributed by atoms with van der Waals surface area (Å²) in [7, 11) is 0. The van der Waals surface area contributed by atoms with E-state index in [0.717, 1.165) is 36.0 Å². The summed E-state index contributed by atoms with van der Waals surface area (Å²) in [5, 5.41) is 0. The fraction of sp³-hybridized carbons (Fsp3) is 0.438. The predicted octanol–water partition coefficient (Wildman–Crippen LogP) is 1.91. The highest BCUT2D eigenvalue weighted by Crippen LogP contribution is 2.40. The number of carbonyl (C=O) groups is 2. The van der Waals surface area contributed by atoms with E-state index in [1.807, 2.05) is 25.1 Å². The molecule has 110 valence electrons. The van der Waals surface area contributed by atoms with E-state index in [1.165, 1.54) is 4.90 Å². The van der Waals surface area contributed by atoms with E-state index in [0.29, 0.717) is 11.5 Å². The third-order valence-electron chi connectivity index (χ3n) is 4.64. The molecule has 3 rings (SSSR count). The molecule has 0 aromatic heterocycles. The molecule has 0 radical (unpaired) electrons. The lowest BCUT2D eigenvalue weighted by Crippen LogP contribution is -2.31. The second-order valence-corrected chi connectivity index (χ2v) is 6.35. The predicted molar refractivity (Wildman–Crippen MR) is 83.5 cm³/mol. The smallest absolute Gasteiger partial charge is 0.233 e. The van der Waals surface area contributed by atoms with E-state index < -0.39 is 0 Å². The number of hydrogen-bond acceptors (Lipinski definition) is 3. The minimum absolute atomic E-state index is 0.000298. The van der Waals surface area contributed by atoms with Crippen molar-refractivity contribution in [3.8, 4) is 0 Å². The van der Waals surface area contributed by atoms with Crippen molar-refractivity contribution < 1.29 is 9.59 Å². The van der Waals surface area contributed by atoms with Gasteiger partial charge in [-0.1, -0.05) is 30.8 Å². The summed E-state index contributed by atoms with van der Waals surface area (Å²) >= 11 is 4.96. The van der Waals surface area contributed by atoms with Crippen molar-refractivity contribution in [1.82, 2.24) is 4.90 Å². The zero-order valence-electron chi connectivity index (χ0n) is 12.0. The van der Waals surface area contributed by atoms with Gasteiger partial charge in [-0.05, 0) is 37.0 Å². The highest BCUT2D eigenvalue weighted by molar-refractivity contribution is 7.80. The molecule has 0 spiro atoms. The van der Waals surface area contributed by atoms with Gasteiger partial charge in [-0.3, -0.25) is 14.5 Å². The second-order valence-electron chi connectivity index (χ2n) is 5.91. The molecule has 2 amide bonds. The van der Waals surface area contributed by atoms with Gasteiger partial charge in [0.05, 0.1) is 18.4 Å². The maximum absolute atomic E-state index is 12.4. The first kappa shape index (κ1) is 14.2. The average molecular weight is 302 g/mol. The number of carbonyl (C=O) groups excluding carboxylic acids is 2. The Morgan fingerprint density at radius 2 is 1.90 bits per heavy atom. The number of aryl methyl sites for hydroxylation is 1. The third-order valence-corrected chi connectivity index (χ3v) is 4.87. The number of benzene rings is 1. The van der Waals surface area contributed by atoms with Crippen LogP contribution in [0.4, 0.5) is 0 Å². The monoisotopic (exact) mass is 302 g/mol.